The van der Waals surface area contributed by atoms with Crippen LogP contribution in [0.25, 0.3) is 0 Å². The van der Waals surface area contributed by atoms with Gasteiger partial charge in [-0.25, -0.2) is 0 Å². The van der Waals surface area contributed by atoms with E-state index in [2.05, 4.69) is 84.0 Å². The summed E-state index contributed by atoms with van der Waals surface area (Å²) in [4.78, 5) is 2.26. The fraction of sp³-hybridized carbons (Fsp3) is 0.100. The van der Waals surface area contributed by atoms with Gasteiger partial charge < -0.3 is 10.2 Å². The second-order valence-corrected chi connectivity index (χ2v) is 5.35. The largest absolute Gasteiger partial charge is 0.369 e. The number of anilines is 3. The lowest BCUT2D eigenvalue weighted by atomic mass is 10.2. The predicted molar refractivity (Wildman–Crippen MR) is 94.7 cm³/mol. The molecule has 3 aromatic carbocycles. The van der Waals surface area contributed by atoms with Crippen molar-refractivity contribution < 1.29 is 0 Å². The van der Waals surface area contributed by atoms with E-state index in [1.54, 1.807) is 0 Å². The highest BCUT2D eigenvalue weighted by molar-refractivity contribution is 5.75. The Hall–Kier alpha value is -2.74. The normalized spacial score (nSPS) is 10.2. The third-order valence-electron chi connectivity index (χ3n) is 3.63. The van der Waals surface area contributed by atoms with Crippen molar-refractivity contribution in [1.29, 1.82) is 0 Å². The molecule has 2 heteroatoms. The monoisotopic (exact) mass is 288 g/mol. The third kappa shape index (κ3) is 3.47. The van der Waals surface area contributed by atoms with Crippen molar-refractivity contribution in [2.24, 2.45) is 0 Å². The van der Waals surface area contributed by atoms with Crippen LogP contribution in [0.2, 0.25) is 0 Å². The molecule has 0 aromatic heterocycles. The summed E-state index contributed by atoms with van der Waals surface area (Å²) in [7, 11) is 2.12. The molecule has 0 radical (unpaired) electrons. The minimum absolute atomic E-state index is 0.883. The van der Waals surface area contributed by atoms with Crippen LogP contribution in [-0.2, 0) is 6.54 Å². The topological polar surface area (TPSA) is 15.3 Å². The molecule has 110 valence electrons. The van der Waals surface area contributed by atoms with Crippen LogP contribution in [0.5, 0.6) is 0 Å². The number of nitrogens with zero attached hydrogens (tertiary/aromatic N) is 1. The number of para-hydroxylation sites is 3. The second-order valence-electron chi connectivity index (χ2n) is 5.35. The standard InChI is InChI=1S/C20H20N2/c1-22(16-17-10-4-2-5-11-17)20-15-9-8-14-19(20)21-18-12-6-3-7-13-18/h2-15,21H,16H2,1H3. The van der Waals surface area contributed by atoms with Crippen LogP contribution in [0.15, 0.2) is 84.9 Å². The first-order valence-corrected chi connectivity index (χ1v) is 7.49. The van der Waals surface area contributed by atoms with Gasteiger partial charge in [-0.1, -0.05) is 60.7 Å². The van der Waals surface area contributed by atoms with Crippen molar-refractivity contribution >= 4 is 17.1 Å². The van der Waals surface area contributed by atoms with Crippen LogP contribution in [0.3, 0.4) is 0 Å². The van der Waals surface area contributed by atoms with Crippen molar-refractivity contribution in [2.45, 2.75) is 6.54 Å². The van der Waals surface area contributed by atoms with Crippen molar-refractivity contribution in [3.8, 4) is 0 Å². The summed E-state index contributed by atoms with van der Waals surface area (Å²) in [5, 5.41) is 3.50. The third-order valence-corrected chi connectivity index (χ3v) is 3.63. The maximum Gasteiger partial charge on any atom is 0.0622 e. The van der Waals surface area contributed by atoms with Gasteiger partial charge in [0.05, 0.1) is 11.4 Å². The Balaban J connectivity index is 1.81. The molecule has 0 saturated heterocycles. The fourth-order valence-corrected chi connectivity index (χ4v) is 2.53. The van der Waals surface area contributed by atoms with Gasteiger partial charge in [-0.3, -0.25) is 0 Å². The number of benzene rings is 3. The van der Waals surface area contributed by atoms with Crippen molar-refractivity contribution in [3.63, 3.8) is 0 Å². The summed E-state index contributed by atoms with van der Waals surface area (Å²) >= 11 is 0. The van der Waals surface area contributed by atoms with E-state index < -0.39 is 0 Å². The molecule has 0 fully saturated rings. The minimum Gasteiger partial charge on any atom is -0.369 e. The Kier molecular flexibility index (Phi) is 4.40. The van der Waals surface area contributed by atoms with Gasteiger partial charge in [0.2, 0.25) is 0 Å². The van der Waals surface area contributed by atoms with E-state index in [0.29, 0.717) is 0 Å². The summed E-state index contributed by atoms with van der Waals surface area (Å²) < 4.78 is 0. The van der Waals surface area contributed by atoms with Crippen LogP contribution in [-0.4, -0.2) is 7.05 Å². The number of rotatable bonds is 5. The van der Waals surface area contributed by atoms with Gasteiger partial charge in [0.25, 0.3) is 0 Å². The molecule has 0 aliphatic heterocycles. The first kappa shape index (κ1) is 14.2. The SMILES string of the molecule is CN(Cc1ccccc1)c1ccccc1Nc1ccccc1. The molecule has 3 rings (SSSR count). The Labute approximate surface area is 132 Å². The number of hydrogen-bond acceptors (Lipinski definition) is 2. The van der Waals surface area contributed by atoms with Gasteiger partial charge in [0.15, 0.2) is 0 Å². The Morgan fingerprint density at radius 3 is 2.05 bits per heavy atom. The lowest BCUT2D eigenvalue weighted by molar-refractivity contribution is 0.924. The smallest absolute Gasteiger partial charge is 0.0622 e. The molecule has 22 heavy (non-hydrogen) atoms. The molecule has 0 bridgehead atoms. The van der Waals surface area contributed by atoms with Crippen LogP contribution in [0.1, 0.15) is 5.56 Å². The molecule has 0 saturated carbocycles. The molecule has 0 aliphatic carbocycles. The first-order chi connectivity index (χ1) is 10.8. The lowest BCUT2D eigenvalue weighted by Crippen LogP contribution is -2.17. The second kappa shape index (κ2) is 6.81. The Morgan fingerprint density at radius 2 is 1.32 bits per heavy atom. The molecule has 3 aromatic rings. The van der Waals surface area contributed by atoms with E-state index in [1.807, 2.05) is 18.2 Å². The zero-order chi connectivity index (χ0) is 15.2. The molecule has 0 heterocycles. The molecule has 0 spiro atoms. The van der Waals surface area contributed by atoms with Crippen molar-refractivity contribution in [3.05, 3.63) is 90.5 Å². The van der Waals surface area contributed by atoms with Crippen LogP contribution in [0.4, 0.5) is 17.1 Å². The summed E-state index contributed by atoms with van der Waals surface area (Å²) in [6, 6.07) is 29.2. The van der Waals surface area contributed by atoms with Gasteiger partial charge in [0.1, 0.15) is 0 Å². The molecule has 0 aliphatic rings. The Bertz CT molecular complexity index is 708. The van der Waals surface area contributed by atoms with E-state index in [0.717, 1.165) is 17.9 Å². The first-order valence-electron chi connectivity index (χ1n) is 7.49. The van der Waals surface area contributed by atoms with Crippen molar-refractivity contribution in [1.82, 2.24) is 0 Å². The summed E-state index contributed by atoms with van der Waals surface area (Å²) in [5.74, 6) is 0. The van der Waals surface area contributed by atoms with E-state index in [4.69, 9.17) is 0 Å². The zero-order valence-electron chi connectivity index (χ0n) is 12.7. The van der Waals surface area contributed by atoms with Gasteiger partial charge in [0, 0.05) is 19.3 Å². The Morgan fingerprint density at radius 1 is 0.727 bits per heavy atom. The van der Waals surface area contributed by atoms with Gasteiger partial charge in [-0.05, 0) is 29.8 Å². The molecule has 1 N–H and O–H groups in total. The number of nitrogens with one attached hydrogen (secondary N) is 1. The fourth-order valence-electron chi connectivity index (χ4n) is 2.53. The molecule has 0 atom stereocenters. The molecular weight excluding hydrogens is 268 g/mol. The molecule has 2 nitrogen and oxygen atoms in total. The average Bonchev–Trinajstić information content (AvgIpc) is 2.57. The maximum atomic E-state index is 3.50. The van der Waals surface area contributed by atoms with E-state index in [9.17, 15) is 0 Å². The maximum absolute atomic E-state index is 3.50. The lowest BCUT2D eigenvalue weighted by Gasteiger charge is -2.23. The zero-order valence-corrected chi connectivity index (χ0v) is 12.7. The summed E-state index contributed by atoms with van der Waals surface area (Å²) in [6.45, 7) is 0.883. The average molecular weight is 288 g/mol. The van der Waals surface area contributed by atoms with Gasteiger partial charge in [-0.2, -0.15) is 0 Å². The highest BCUT2D eigenvalue weighted by atomic mass is 15.1. The van der Waals surface area contributed by atoms with E-state index in [1.165, 1.54) is 11.3 Å². The van der Waals surface area contributed by atoms with E-state index in [-0.39, 0.29) is 0 Å². The van der Waals surface area contributed by atoms with Crippen LogP contribution in [0, 0.1) is 0 Å². The summed E-state index contributed by atoms with van der Waals surface area (Å²) in [6.07, 6.45) is 0. The van der Waals surface area contributed by atoms with Gasteiger partial charge in [-0.15, -0.1) is 0 Å². The molecule has 0 unspecified atom stereocenters. The highest BCUT2D eigenvalue weighted by Gasteiger charge is 2.07. The van der Waals surface area contributed by atoms with Crippen molar-refractivity contribution in [2.75, 3.05) is 17.3 Å². The quantitative estimate of drug-likeness (QED) is 0.705. The molecule has 0 amide bonds. The summed E-state index contributed by atoms with van der Waals surface area (Å²) in [5.41, 5.74) is 4.71. The van der Waals surface area contributed by atoms with Crippen LogP contribution < -0.4 is 10.2 Å². The highest BCUT2D eigenvalue weighted by Crippen LogP contribution is 2.28. The minimum atomic E-state index is 0.883. The van der Waals surface area contributed by atoms with Crippen LogP contribution >= 0.6 is 0 Å². The molecular formula is C20H20N2. The van der Waals surface area contributed by atoms with Gasteiger partial charge >= 0.3 is 0 Å². The number of hydrogen-bond donors (Lipinski definition) is 1. The predicted octanol–water partition coefficient (Wildman–Crippen LogP) is 5.07. The van der Waals surface area contributed by atoms with E-state index >= 15 is 0 Å².